The van der Waals surface area contributed by atoms with Gasteiger partial charge >= 0.3 is 0 Å². The highest BCUT2D eigenvalue weighted by Crippen LogP contribution is 2.16. The highest BCUT2D eigenvalue weighted by molar-refractivity contribution is 5.27. The summed E-state index contributed by atoms with van der Waals surface area (Å²) in [5.74, 6) is 0.837. The lowest BCUT2D eigenvalue weighted by Gasteiger charge is -2.29. The van der Waals surface area contributed by atoms with Gasteiger partial charge in [0.05, 0.1) is 20.6 Å². The van der Waals surface area contributed by atoms with Gasteiger partial charge in [0.15, 0.2) is 0 Å². The Morgan fingerprint density at radius 2 is 1.94 bits per heavy atom. The van der Waals surface area contributed by atoms with Gasteiger partial charge in [-0.05, 0) is 18.7 Å². The SMILES string of the molecule is C[N+](C)(CCCN)Cc1cccc(OCN)c1.[Cl-]. The van der Waals surface area contributed by atoms with Crippen molar-refractivity contribution in [1.29, 1.82) is 0 Å². The molecule has 0 aliphatic carbocycles. The number of quaternary nitrogens is 1. The molecule has 0 fully saturated rings. The van der Waals surface area contributed by atoms with E-state index in [4.69, 9.17) is 16.2 Å². The van der Waals surface area contributed by atoms with E-state index in [-0.39, 0.29) is 19.1 Å². The van der Waals surface area contributed by atoms with Crippen LogP contribution in [0.4, 0.5) is 0 Å². The third-order valence-electron chi connectivity index (χ3n) is 2.73. The molecule has 0 radical (unpaired) electrons. The Morgan fingerprint density at radius 1 is 1.22 bits per heavy atom. The van der Waals surface area contributed by atoms with E-state index in [0.717, 1.165) is 36.3 Å². The standard InChI is InChI=1S/C13H24N3O.ClH/c1-16(2,8-4-7-14)10-12-5-3-6-13(9-12)17-11-15;/h3,5-6,9H,4,7-8,10-11,14-15H2,1-2H3;1H/q+1;/p-1. The monoisotopic (exact) mass is 273 g/mol. The molecule has 1 rings (SSSR count). The van der Waals surface area contributed by atoms with Crippen molar-refractivity contribution < 1.29 is 21.6 Å². The van der Waals surface area contributed by atoms with Crippen molar-refractivity contribution in [3.05, 3.63) is 29.8 Å². The third-order valence-corrected chi connectivity index (χ3v) is 2.73. The highest BCUT2D eigenvalue weighted by Gasteiger charge is 2.15. The van der Waals surface area contributed by atoms with Crippen molar-refractivity contribution in [2.75, 3.05) is 33.9 Å². The van der Waals surface area contributed by atoms with Crippen LogP contribution >= 0.6 is 0 Å². The van der Waals surface area contributed by atoms with E-state index in [1.54, 1.807) is 0 Å². The predicted octanol–water partition coefficient (Wildman–Crippen LogP) is -2.09. The van der Waals surface area contributed by atoms with E-state index >= 15 is 0 Å². The molecule has 0 spiro atoms. The Bertz CT molecular complexity index is 345. The second-order valence-electron chi connectivity index (χ2n) is 4.92. The fraction of sp³-hybridized carbons (Fsp3) is 0.538. The van der Waals surface area contributed by atoms with Crippen LogP contribution in [0.25, 0.3) is 0 Å². The summed E-state index contributed by atoms with van der Waals surface area (Å²) in [4.78, 5) is 0. The van der Waals surface area contributed by atoms with E-state index in [9.17, 15) is 0 Å². The topological polar surface area (TPSA) is 61.3 Å². The van der Waals surface area contributed by atoms with Gasteiger partial charge in [0.2, 0.25) is 0 Å². The first-order chi connectivity index (χ1) is 8.07. The molecular formula is C13H24ClN3O. The van der Waals surface area contributed by atoms with Crippen LogP contribution in [-0.4, -0.2) is 38.4 Å². The van der Waals surface area contributed by atoms with Gasteiger partial charge in [-0.1, -0.05) is 12.1 Å². The molecule has 5 heteroatoms. The molecule has 0 unspecified atom stereocenters. The number of rotatable bonds is 7. The molecule has 18 heavy (non-hydrogen) atoms. The molecule has 104 valence electrons. The first kappa shape index (κ1) is 17.2. The number of nitrogens with zero attached hydrogens (tertiary/aromatic N) is 1. The molecule has 1 aromatic rings. The molecule has 0 aromatic heterocycles. The first-order valence-corrected chi connectivity index (χ1v) is 6.01. The number of ether oxygens (including phenoxy) is 1. The fourth-order valence-corrected chi connectivity index (χ4v) is 1.92. The van der Waals surface area contributed by atoms with Crippen LogP contribution in [0, 0.1) is 0 Å². The van der Waals surface area contributed by atoms with Gasteiger partial charge in [-0.15, -0.1) is 0 Å². The fourth-order valence-electron chi connectivity index (χ4n) is 1.92. The molecule has 4 N–H and O–H groups in total. The van der Waals surface area contributed by atoms with Crippen LogP contribution in [0.15, 0.2) is 24.3 Å². The Kier molecular flexibility index (Phi) is 7.95. The summed E-state index contributed by atoms with van der Waals surface area (Å²) in [6.45, 7) is 3.02. The third kappa shape index (κ3) is 6.21. The zero-order chi connectivity index (χ0) is 12.7. The van der Waals surface area contributed by atoms with Crippen LogP contribution in [0.2, 0.25) is 0 Å². The van der Waals surface area contributed by atoms with Gasteiger partial charge < -0.3 is 27.4 Å². The summed E-state index contributed by atoms with van der Waals surface area (Å²) in [6.07, 6.45) is 1.05. The molecular weight excluding hydrogens is 250 g/mol. The zero-order valence-electron chi connectivity index (χ0n) is 11.2. The molecule has 0 saturated heterocycles. The van der Waals surface area contributed by atoms with Crippen molar-refractivity contribution in [1.82, 2.24) is 0 Å². The summed E-state index contributed by atoms with van der Waals surface area (Å²) < 4.78 is 6.23. The smallest absolute Gasteiger partial charge is 0.137 e. The number of hydrogen-bond acceptors (Lipinski definition) is 3. The van der Waals surface area contributed by atoms with Crippen molar-refractivity contribution in [3.8, 4) is 5.75 Å². The maximum Gasteiger partial charge on any atom is 0.137 e. The van der Waals surface area contributed by atoms with E-state index in [0.29, 0.717) is 0 Å². The molecule has 0 saturated carbocycles. The average Bonchev–Trinajstić information content (AvgIpc) is 2.27. The summed E-state index contributed by atoms with van der Waals surface area (Å²) in [7, 11) is 4.43. The first-order valence-electron chi connectivity index (χ1n) is 6.01. The Balaban J connectivity index is 0.00000289. The molecule has 0 atom stereocenters. The normalized spacial score (nSPS) is 10.9. The van der Waals surface area contributed by atoms with Crippen LogP contribution in [0.5, 0.6) is 5.75 Å². The molecule has 1 aromatic carbocycles. The quantitative estimate of drug-likeness (QED) is 0.443. The zero-order valence-corrected chi connectivity index (χ0v) is 12.0. The minimum atomic E-state index is 0. The molecule has 4 nitrogen and oxygen atoms in total. The van der Waals surface area contributed by atoms with Crippen LogP contribution in [0.3, 0.4) is 0 Å². The molecule has 0 aliphatic rings. The summed E-state index contributed by atoms with van der Waals surface area (Å²) in [5, 5.41) is 0. The van der Waals surface area contributed by atoms with Crippen LogP contribution in [-0.2, 0) is 6.54 Å². The van der Waals surface area contributed by atoms with Crippen molar-refractivity contribution in [2.24, 2.45) is 11.5 Å². The minimum absolute atomic E-state index is 0. The van der Waals surface area contributed by atoms with Crippen LogP contribution in [0.1, 0.15) is 12.0 Å². The molecule has 0 amide bonds. The second-order valence-corrected chi connectivity index (χ2v) is 4.92. The summed E-state index contributed by atoms with van der Waals surface area (Å²) in [5.41, 5.74) is 12.2. The van der Waals surface area contributed by atoms with E-state index in [1.165, 1.54) is 5.56 Å². The lowest BCUT2D eigenvalue weighted by Crippen LogP contribution is -3.00. The molecule has 0 bridgehead atoms. The number of hydrogen-bond donors (Lipinski definition) is 2. The van der Waals surface area contributed by atoms with E-state index in [2.05, 4.69) is 26.2 Å². The number of nitrogens with two attached hydrogens (primary N) is 2. The Labute approximate surface area is 116 Å². The van der Waals surface area contributed by atoms with Gasteiger partial charge in [0, 0.05) is 12.0 Å². The van der Waals surface area contributed by atoms with Gasteiger partial charge in [-0.25, -0.2) is 0 Å². The lowest BCUT2D eigenvalue weighted by atomic mass is 10.2. The number of benzene rings is 1. The van der Waals surface area contributed by atoms with Gasteiger partial charge in [-0.2, -0.15) is 0 Å². The van der Waals surface area contributed by atoms with Crippen molar-refractivity contribution in [2.45, 2.75) is 13.0 Å². The van der Waals surface area contributed by atoms with Crippen molar-refractivity contribution >= 4 is 0 Å². The summed E-state index contributed by atoms with van der Waals surface area (Å²) >= 11 is 0. The molecule has 0 heterocycles. The Hall–Kier alpha value is -0.810. The van der Waals surface area contributed by atoms with Crippen LogP contribution < -0.4 is 28.6 Å². The molecule has 0 aliphatic heterocycles. The number of halogens is 1. The van der Waals surface area contributed by atoms with Gasteiger partial charge in [0.1, 0.15) is 19.0 Å². The average molecular weight is 274 g/mol. The van der Waals surface area contributed by atoms with Gasteiger partial charge in [-0.3, -0.25) is 5.73 Å². The maximum atomic E-state index is 5.55. The van der Waals surface area contributed by atoms with Crippen molar-refractivity contribution in [3.63, 3.8) is 0 Å². The minimum Gasteiger partial charge on any atom is -1.00 e. The second kappa shape index (κ2) is 8.32. The lowest BCUT2D eigenvalue weighted by molar-refractivity contribution is -0.903. The van der Waals surface area contributed by atoms with Gasteiger partial charge in [0.25, 0.3) is 0 Å². The summed E-state index contributed by atoms with van der Waals surface area (Å²) in [6, 6.07) is 8.10. The maximum absolute atomic E-state index is 5.55. The highest BCUT2D eigenvalue weighted by atomic mass is 35.5. The predicted molar refractivity (Wildman–Crippen MR) is 70.5 cm³/mol. The van der Waals surface area contributed by atoms with E-state index < -0.39 is 0 Å². The van der Waals surface area contributed by atoms with E-state index in [1.807, 2.05) is 12.1 Å². The largest absolute Gasteiger partial charge is 1.00 e. The Morgan fingerprint density at radius 3 is 2.56 bits per heavy atom.